The van der Waals surface area contributed by atoms with Crippen molar-refractivity contribution in [3.63, 3.8) is 0 Å². The smallest absolute Gasteiger partial charge is 0.223 e. The molecule has 0 bridgehead atoms. The van der Waals surface area contributed by atoms with Crippen LogP contribution < -0.4 is 0 Å². The fourth-order valence-corrected chi connectivity index (χ4v) is 5.02. The Morgan fingerprint density at radius 1 is 0.938 bits per heavy atom. The van der Waals surface area contributed by atoms with E-state index < -0.39 is 6.10 Å². The maximum Gasteiger partial charge on any atom is 0.223 e. The van der Waals surface area contributed by atoms with Crippen molar-refractivity contribution < 1.29 is 14.3 Å². The SMILES string of the molecule is CC(c1ccc(-c2ccc(F)cc2)cc1)N1CC[C@](C[C@H](C)O)(c2ccccc2)CC1=O. The summed E-state index contributed by atoms with van der Waals surface area (Å²) in [4.78, 5) is 15.3. The average molecular weight is 432 g/mol. The highest BCUT2D eigenvalue weighted by molar-refractivity contribution is 5.79. The molecular formula is C28H30FNO2. The molecule has 4 heteroatoms. The van der Waals surface area contributed by atoms with Crippen molar-refractivity contribution in [1.29, 1.82) is 0 Å². The summed E-state index contributed by atoms with van der Waals surface area (Å²) in [5, 5.41) is 10.2. The predicted octanol–water partition coefficient (Wildman–Crippen LogP) is 5.89. The van der Waals surface area contributed by atoms with E-state index in [4.69, 9.17) is 0 Å². The number of piperidine rings is 1. The van der Waals surface area contributed by atoms with E-state index in [0.717, 1.165) is 28.7 Å². The predicted molar refractivity (Wildman–Crippen MR) is 126 cm³/mol. The van der Waals surface area contributed by atoms with E-state index in [2.05, 4.69) is 19.1 Å². The number of benzene rings is 3. The number of aliphatic hydroxyl groups excluding tert-OH is 1. The Kier molecular flexibility index (Phi) is 6.43. The number of halogens is 1. The molecule has 0 spiro atoms. The molecule has 0 aromatic heterocycles. The molecule has 3 nitrogen and oxygen atoms in total. The van der Waals surface area contributed by atoms with Gasteiger partial charge in [0.2, 0.25) is 5.91 Å². The summed E-state index contributed by atoms with van der Waals surface area (Å²) in [6, 6.07) is 24.7. The molecule has 3 atom stereocenters. The molecule has 1 heterocycles. The molecule has 3 aromatic rings. The van der Waals surface area contributed by atoms with Gasteiger partial charge in [0.15, 0.2) is 0 Å². The monoisotopic (exact) mass is 431 g/mol. The number of nitrogens with zero attached hydrogens (tertiary/aromatic N) is 1. The third-order valence-electron chi connectivity index (χ3n) is 6.75. The molecule has 3 aromatic carbocycles. The molecule has 0 aliphatic carbocycles. The second-order valence-electron chi connectivity index (χ2n) is 9.02. The summed E-state index contributed by atoms with van der Waals surface area (Å²) in [6.07, 6.45) is 1.34. The summed E-state index contributed by atoms with van der Waals surface area (Å²) in [5.41, 5.74) is 3.86. The number of hydrogen-bond donors (Lipinski definition) is 1. The van der Waals surface area contributed by atoms with Crippen LogP contribution in [0.4, 0.5) is 4.39 Å². The first kappa shape index (κ1) is 22.2. The lowest BCUT2D eigenvalue weighted by molar-refractivity contribution is -0.138. The summed E-state index contributed by atoms with van der Waals surface area (Å²) >= 11 is 0. The number of likely N-dealkylation sites (tertiary alicyclic amines) is 1. The lowest BCUT2D eigenvalue weighted by Crippen LogP contribution is -2.48. The van der Waals surface area contributed by atoms with Crippen molar-refractivity contribution in [2.75, 3.05) is 6.54 Å². The van der Waals surface area contributed by atoms with Crippen LogP contribution in [0.5, 0.6) is 0 Å². The van der Waals surface area contributed by atoms with Crippen LogP contribution >= 0.6 is 0 Å². The average Bonchev–Trinajstić information content (AvgIpc) is 2.79. The topological polar surface area (TPSA) is 40.5 Å². The Labute approximate surface area is 189 Å². The van der Waals surface area contributed by atoms with Crippen molar-refractivity contribution in [1.82, 2.24) is 4.90 Å². The van der Waals surface area contributed by atoms with Gasteiger partial charge in [-0.05, 0) is 61.1 Å². The molecule has 1 aliphatic rings. The number of hydrogen-bond acceptors (Lipinski definition) is 2. The largest absolute Gasteiger partial charge is 0.393 e. The Bertz CT molecular complexity index is 1050. The number of carbonyl (C=O) groups excluding carboxylic acids is 1. The zero-order valence-corrected chi connectivity index (χ0v) is 18.7. The van der Waals surface area contributed by atoms with Crippen LogP contribution in [0.15, 0.2) is 78.9 Å². The highest BCUT2D eigenvalue weighted by atomic mass is 19.1. The van der Waals surface area contributed by atoms with Gasteiger partial charge < -0.3 is 10.0 Å². The van der Waals surface area contributed by atoms with Gasteiger partial charge in [-0.25, -0.2) is 4.39 Å². The van der Waals surface area contributed by atoms with E-state index in [1.807, 2.05) is 47.4 Å². The Morgan fingerprint density at radius 2 is 1.53 bits per heavy atom. The molecule has 0 radical (unpaired) electrons. The third kappa shape index (κ3) is 4.61. The van der Waals surface area contributed by atoms with Crippen LogP contribution in [0.1, 0.15) is 50.3 Å². The van der Waals surface area contributed by atoms with Crippen LogP contribution in [0.2, 0.25) is 0 Å². The zero-order valence-electron chi connectivity index (χ0n) is 18.7. The van der Waals surface area contributed by atoms with Crippen molar-refractivity contribution >= 4 is 5.91 Å². The first-order valence-corrected chi connectivity index (χ1v) is 11.3. The summed E-state index contributed by atoms with van der Waals surface area (Å²) in [7, 11) is 0. The maximum absolute atomic E-state index is 13.3. The van der Waals surface area contributed by atoms with Crippen LogP contribution in [0, 0.1) is 5.82 Å². The number of amides is 1. The lowest BCUT2D eigenvalue weighted by Gasteiger charge is -2.44. The van der Waals surface area contributed by atoms with E-state index in [1.54, 1.807) is 19.1 Å². The van der Waals surface area contributed by atoms with Crippen LogP contribution in [0.3, 0.4) is 0 Å². The summed E-state index contributed by atoms with van der Waals surface area (Å²) in [6.45, 7) is 4.52. The first-order valence-electron chi connectivity index (χ1n) is 11.3. The molecule has 1 saturated heterocycles. The molecule has 166 valence electrons. The zero-order chi connectivity index (χ0) is 22.7. The molecule has 1 N–H and O–H groups in total. The van der Waals surface area contributed by atoms with Crippen LogP contribution in [0.25, 0.3) is 11.1 Å². The molecule has 1 unspecified atom stereocenters. The van der Waals surface area contributed by atoms with Gasteiger partial charge in [0.05, 0.1) is 12.1 Å². The van der Waals surface area contributed by atoms with Gasteiger partial charge in [0, 0.05) is 18.4 Å². The lowest BCUT2D eigenvalue weighted by atomic mass is 9.69. The minimum absolute atomic E-state index is 0.0370. The molecule has 0 saturated carbocycles. The van der Waals surface area contributed by atoms with Gasteiger partial charge in [-0.15, -0.1) is 0 Å². The molecule has 1 fully saturated rings. The van der Waals surface area contributed by atoms with E-state index in [1.165, 1.54) is 12.1 Å². The Balaban J connectivity index is 1.51. The van der Waals surface area contributed by atoms with E-state index in [-0.39, 0.29) is 23.2 Å². The third-order valence-corrected chi connectivity index (χ3v) is 6.75. The second-order valence-corrected chi connectivity index (χ2v) is 9.02. The van der Waals surface area contributed by atoms with Crippen molar-refractivity contribution in [2.45, 2.75) is 50.7 Å². The van der Waals surface area contributed by atoms with Crippen molar-refractivity contribution in [2.24, 2.45) is 0 Å². The highest BCUT2D eigenvalue weighted by Gasteiger charge is 2.42. The van der Waals surface area contributed by atoms with E-state index in [0.29, 0.717) is 19.4 Å². The standard InChI is InChI=1S/C28H30FNO2/c1-20(31)18-28(25-6-4-3-5-7-25)16-17-30(27(32)19-28)21(2)22-8-10-23(11-9-22)24-12-14-26(29)15-13-24/h3-15,20-21,31H,16-19H2,1-2H3/t20-,21?,28+/m0/s1. The molecule has 1 amide bonds. The van der Waals surface area contributed by atoms with Gasteiger partial charge in [0.1, 0.15) is 5.82 Å². The Hall–Kier alpha value is -2.98. The molecular weight excluding hydrogens is 401 g/mol. The highest BCUT2D eigenvalue weighted by Crippen LogP contribution is 2.42. The minimum atomic E-state index is -0.467. The quantitative estimate of drug-likeness (QED) is 0.529. The van der Waals surface area contributed by atoms with E-state index >= 15 is 0 Å². The van der Waals surface area contributed by atoms with E-state index in [9.17, 15) is 14.3 Å². The van der Waals surface area contributed by atoms with Gasteiger partial charge in [-0.1, -0.05) is 66.7 Å². The Morgan fingerprint density at radius 3 is 2.09 bits per heavy atom. The fraction of sp³-hybridized carbons (Fsp3) is 0.321. The molecule has 4 rings (SSSR count). The number of rotatable bonds is 6. The molecule has 32 heavy (non-hydrogen) atoms. The molecule has 1 aliphatic heterocycles. The number of carbonyl (C=O) groups is 1. The minimum Gasteiger partial charge on any atom is -0.393 e. The number of aliphatic hydroxyl groups is 1. The van der Waals surface area contributed by atoms with Crippen LogP contribution in [-0.4, -0.2) is 28.6 Å². The van der Waals surface area contributed by atoms with Crippen LogP contribution in [-0.2, 0) is 10.2 Å². The maximum atomic E-state index is 13.3. The summed E-state index contributed by atoms with van der Waals surface area (Å²) in [5.74, 6) is -0.124. The van der Waals surface area contributed by atoms with Crippen molar-refractivity contribution in [3.05, 3.63) is 95.8 Å². The van der Waals surface area contributed by atoms with Gasteiger partial charge in [0.25, 0.3) is 0 Å². The normalized spacial score (nSPS) is 20.8. The first-order chi connectivity index (χ1) is 15.4. The van der Waals surface area contributed by atoms with Gasteiger partial charge >= 0.3 is 0 Å². The van der Waals surface area contributed by atoms with Gasteiger partial charge in [-0.3, -0.25) is 4.79 Å². The second kappa shape index (κ2) is 9.25. The fourth-order valence-electron chi connectivity index (χ4n) is 5.02. The van der Waals surface area contributed by atoms with Gasteiger partial charge in [-0.2, -0.15) is 0 Å². The van der Waals surface area contributed by atoms with Crippen molar-refractivity contribution in [3.8, 4) is 11.1 Å². The summed E-state index contributed by atoms with van der Waals surface area (Å²) < 4.78 is 13.2.